The van der Waals surface area contributed by atoms with Gasteiger partial charge in [0.15, 0.2) is 0 Å². The van der Waals surface area contributed by atoms with E-state index in [0.29, 0.717) is 12.2 Å². The van der Waals surface area contributed by atoms with Crippen molar-refractivity contribution in [2.24, 2.45) is 0 Å². The minimum absolute atomic E-state index is 0. The number of carbonyl (C=O) groups excluding carboxylic acids is 1. The highest BCUT2D eigenvalue weighted by Gasteiger charge is 2.17. The number of amides is 1. The van der Waals surface area contributed by atoms with E-state index < -0.39 is 6.10 Å². The molecule has 2 rings (SSSR count). The molecule has 0 aromatic heterocycles. The molecule has 23 heavy (non-hydrogen) atoms. The number of benzene rings is 1. The van der Waals surface area contributed by atoms with Gasteiger partial charge < -0.3 is 20.5 Å². The zero-order chi connectivity index (χ0) is 15.8. The smallest absolute Gasteiger partial charge is 0.221 e. The zero-order valence-electron chi connectivity index (χ0n) is 12.7. The number of nitrogens with one attached hydrogen (secondary N) is 2. The van der Waals surface area contributed by atoms with Crippen LogP contribution in [0.3, 0.4) is 0 Å². The highest BCUT2D eigenvalue weighted by atomic mass is 35.5. The maximum absolute atomic E-state index is 12.7. The van der Waals surface area contributed by atoms with Crippen LogP contribution in [0.2, 0.25) is 0 Å². The van der Waals surface area contributed by atoms with Crippen molar-refractivity contribution in [3.05, 3.63) is 30.1 Å². The van der Waals surface area contributed by atoms with Crippen LogP contribution < -0.4 is 15.4 Å². The fourth-order valence-corrected chi connectivity index (χ4v) is 3.01. The number of aliphatic hydroxyl groups excluding tert-OH is 1. The summed E-state index contributed by atoms with van der Waals surface area (Å²) in [6.07, 6.45) is -0.388. The molecule has 1 aliphatic heterocycles. The summed E-state index contributed by atoms with van der Waals surface area (Å²) in [6, 6.07) is 5.77. The molecule has 0 saturated carbocycles. The van der Waals surface area contributed by atoms with Crippen molar-refractivity contribution in [1.29, 1.82) is 0 Å². The van der Waals surface area contributed by atoms with Crippen LogP contribution in [0.1, 0.15) is 6.42 Å². The standard InChI is InChI=1S/C15H21FN2O3S.ClH/c16-11-1-3-14(4-2-11)21-9-13(19)8-18-15(20)7-12-10-22-6-5-17-12;/h1-4,12-13,17,19H,5-10H2,(H,18,20);1H. The van der Waals surface area contributed by atoms with E-state index in [1.807, 2.05) is 11.8 Å². The van der Waals surface area contributed by atoms with Crippen LogP contribution in [0.25, 0.3) is 0 Å². The minimum atomic E-state index is -0.803. The van der Waals surface area contributed by atoms with Crippen LogP contribution in [0, 0.1) is 5.82 Å². The first kappa shape index (κ1) is 20.0. The summed E-state index contributed by atoms with van der Waals surface area (Å²) in [5.74, 6) is 2.08. The van der Waals surface area contributed by atoms with Gasteiger partial charge in [0, 0.05) is 37.1 Å². The third-order valence-electron chi connectivity index (χ3n) is 3.22. The third kappa shape index (κ3) is 7.87. The number of rotatable bonds is 7. The second-order valence-corrected chi connectivity index (χ2v) is 6.30. The number of hydrogen-bond donors (Lipinski definition) is 3. The van der Waals surface area contributed by atoms with E-state index in [1.54, 1.807) is 0 Å². The molecule has 0 bridgehead atoms. The fourth-order valence-electron chi connectivity index (χ4n) is 2.06. The van der Waals surface area contributed by atoms with E-state index in [0.717, 1.165) is 18.1 Å². The SMILES string of the molecule is Cl.O=C(CC1CSCCN1)NCC(O)COc1ccc(F)cc1. The Hall–Kier alpha value is -1.02. The monoisotopic (exact) mass is 364 g/mol. The van der Waals surface area contributed by atoms with E-state index in [1.165, 1.54) is 24.3 Å². The Balaban J connectivity index is 0.00000264. The van der Waals surface area contributed by atoms with Crippen LogP contribution in [0.15, 0.2) is 24.3 Å². The van der Waals surface area contributed by atoms with Gasteiger partial charge in [0.1, 0.15) is 24.3 Å². The van der Waals surface area contributed by atoms with Crippen LogP contribution in [-0.2, 0) is 4.79 Å². The first-order valence-corrected chi connectivity index (χ1v) is 8.43. The number of thioether (sulfide) groups is 1. The van der Waals surface area contributed by atoms with Crippen molar-refractivity contribution in [1.82, 2.24) is 10.6 Å². The summed E-state index contributed by atoms with van der Waals surface area (Å²) in [5, 5.41) is 15.8. The maximum atomic E-state index is 12.7. The number of hydrogen-bond acceptors (Lipinski definition) is 5. The van der Waals surface area contributed by atoms with Crippen molar-refractivity contribution < 1.29 is 19.0 Å². The predicted molar refractivity (Wildman–Crippen MR) is 91.9 cm³/mol. The Bertz CT molecular complexity index is 472. The minimum Gasteiger partial charge on any atom is -0.491 e. The number of ether oxygens (including phenoxy) is 1. The highest BCUT2D eigenvalue weighted by Crippen LogP contribution is 2.11. The summed E-state index contributed by atoms with van der Waals surface area (Å²) < 4.78 is 18.0. The van der Waals surface area contributed by atoms with Gasteiger partial charge in [0.25, 0.3) is 0 Å². The second-order valence-electron chi connectivity index (χ2n) is 5.15. The lowest BCUT2D eigenvalue weighted by Crippen LogP contribution is -2.43. The Morgan fingerprint density at radius 1 is 1.48 bits per heavy atom. The quantitative estimate of drug-likeness (QED) is 0.678. The van der Waals surface area contributed by atoms with Gasteiger partial charge in [0.05, 0.1) is 0 Å². The van der Waals surface area contributed by atoms with Gasteiger partial charge in [-0.1, -0.05) is 0 Å². The molecule has 1 fully saturated rings. The number of aliphatic hydroxyl groups is 1. The normalized spacial score (nSPS) is 18.6. The first-order valence-electron chi connectivity index (χ1n) is 7.28. The van der Waals surface area contributed by atoms with Crippen molar-refractivity contribution in [2.75, 3.05) is 31.2 Å². The van der Waals surface area contributed by atoms with Crippen LogP contribution in [0.4, 0.5) is 4.39 Å². The van der Waals surface area contributed by atoms with Crippen molar-refractivity contribution in [3.8, 4) is 5.75 Å². The lowest BCUT2D eigenvalue weighted by Gasteiger charge is -2.22. The maximum Gasteiger partial charge on any atom is 0.221 e. The fraction of sp³-hybridized carbons (Fsp3) is 0.533. The summed E-state index contributed by atoms with van der Waals surface area (Å²) >= 11 is 1.84. The molecule has 1 aromatic carbocycles. The molecule has 1 aliphatic rings. The predicted octanol–water partition coefficient (Wildman–Crippen LogP) is 1.20. The van der Waals surface area contributed by atoms with E-state index >= 15 is 0 Å². The van der Waals surface area contributed by atoms with E-state index in [2.05, 4.69) is 10.6 Å². The van der Waals surface area contributed by atoms with E-state index in [4.69, 9.17) is 4.74 Å². The summed E-state index contributed by atoms with van der Waals surface area (Å²) in [4.78, 5) is 11.8. The molecular formula is C15H22ClFN2O3S. The number of carbonyl (C=O) groups is 1. The Kier molecular flexibility index (Phi) is 9.31. The molecule has 130 valence electrons. The van der Waals surface area contributed by atoms with Gasteiger partial charge in [-0.3, -0.25) is 4.79 Å². The van der Waals surface area contributed by atoms with E-state index in [9.17, 15) is 14.3 Å². The van der Waals surface area contributed by atoms with Crippen LogP contribution in [-0.4, -0.2) is 54.4 Å². The Morgan fingerprint density at radius 2 is 2.22 bits per heavy atom. The third-order valence-corrected chi connectivity index (χ3v) is 4.35. The van der Waals surface area contributed by atoms with Crippen molar-refractivity contribution in [3.63, 3.8) is 0 Å². The Morgan fingerprint density at radius 3 is 2.87 bits per heavy atom. The summed E-state index contributed by atoms with van der Waals surface area (Å²) in [6.45, 7) is 1.11. The summed E-state index contributed by atoms with van der Waals surface area (Å²) in [5.41, 5.74) is 0. The highest BCUT2D eigenvalue weighted by molar-refractivity contribution is 7.99. The molecule has 0 aliphatic carbocycles. The van der Waals surface area contributed by atoms with Gasteiger partial charge in [-0.15, -0.1) is 12.4 Å². The van der Waals surface area contributed by atoms with Crippen molar-refractivity contribution in [2.45, 2.75) is 18.6 Å². The van der Waals surface area contributed by atoms with Crippen LogP contribution >= 0.6 is 24.2 Å². The molecule has 1 saturated heterocycles. The topological polar surface area (TPSA) is 70.6 Å². The van der Waals surface area contributed by atoms with Gasteiger partial charge in [-0.25, -0.2) is 4.39 Å². The van der Waals surface area contributed by atoms with Gasteiger partial charge in [-0.2, -0.15) is 11.8 Å². The molecular weight excluding hydrogens is 343 g/mol. The lowest BCUT2D eigenvalue weighted by atomic mass is 10.2. The number of halogens is 2. The Labute approximate surface area is 145 Å². The molecule has 3 N–H and O–H groups in total. The van der Waals surface area contributed by atoms with Crippen LogP contribution in [0.5, 0.6) is 5.75 Å². The van der Waals surface area contributed by atoms with Gasteiger partial charge in [0.2, 0.25) is 5.91 Å². The molecule has 2 atom stereocenters. The van der Waals surface area contributed by atoms with Crippen molar-refractivity contribution >= 4 is 30.1 Å². The first-order chi connectivity index (χ1) is 10.6. The van der Waals surface area contributed by atoms with Gasteiger partial charge in [-0.05, 0) is 24.3 Å². The molecule has 0 radical (unpaired) electrons. The molecule has 0 spiro atoms. The zero-order valence-corrected chi connectivity index (χ0v) is 14.3. The molecule has 8 heteroatoms. The largest absolute Gasteiger partial charge is 0.491 e. The second kappa shape index (κ2) is 10.7. The van der Waals surface area contributed by atoms with E-state index in [-0.39, 0.29) is 43.3 Å². The molecule has 1 aromatic rings. The molecule has 5 nitrogen and oxygen atoms in total. The van der Waals surface area contributed by atoms with Gasteiger partial charge >= 0.3 is 0 Å². The molecule has 1 amide bonds. The summed E-state index contributed by atoms with van der Waals surface area (Å²) in [7, 11) is 0. The average molecular weight is 365 g/mol. The lowest BCUT2D eigenvalue weighted by molar-refractivity contribution is -0.122. The average Bonchev–Trinajstić information content (AvgIpc) is 2.53. The molecule has 2 unspecified atom stereocenters. The molecule has 1 heterocycles.